The molecule has 0 radical (unpaired) electrons. The highest BCUT2D eigenvalue weighted by Gasteiger charge is 2.17. The van der Waals surface area contributed by atoms with E-state index in [1.165, 1.54) is 6.92 Å². The number of nitrogens with one attached hydrogen (secondary N) is 2. The minimum atomic E-state index is -0.0905. The van der Waals surface area contributed by atoms with Gasteiger partial charge in [-0.2, -0.15) is 10.1 Å². The summed E-state index contributed by atoms with van der Waals surface area (Å²) in [5.74, 6) is 1.26. The molecule has 138 valence electrons. The van der Waals surface area contributed by atoms with Crippen molar-refractivity contribution in [2.45, 2.75) is 20.4 Å². The maximum absolute atomic E-state index is 11.2. The number of amides is 1. The van der Waals surface area contributed by atoms with Gasteiger partial charge in [-0.05, 0) is 30.7 Å². The van der Waals surface area contributed by atoms with E-state index in [9.17, 15) is 4.79 Å². The van der Waals surface area contributed by atoms with Gasteiger partial charge in [0.2, 0.25) is 11.9 Å². The second-order valence-corrected chi connectivity index (χ2v) is 6.43. The summed E-state index contributed by atoms with van der Waals surface area (Å²) in [6, 6.07) is 5.69. The molecule has 1 amide bonds. The van der Waals surface area contributed by atoms with E-state index >= 15 is 0 Å². The molecule has 0 aliphatic carbocycles. The van der Waals surface area contributed by atoms with Crippen molar-refractivity contribution < 1.29 is 4.79 Å². The quantitative estimate of drug-likeness (QED) is 0.739. The van der Waals surface area contributed by atoms with Crippen molar-refractivity contribution in [2.24, 2.45) is 7.05 Å². The lowest BCUT2D eigenvalue weighted by Gasteiger charge is -2.20. The molecule has 2 aromatic heterocycles. The van der Waals surface area contributed by atoms with E-state index in [0.717, 1.165) is 28.5 Å². The molecule has 0 fully saturated rings. The molecule has 0 saturated carbocycles. The number of anilines is 4. The van der Waals surface area contributed by atoms with E-state index in [2.05, 4.69) is 30.7 Å². The molecule has 0 bridgehead atoms. The Morgan fingerprint density at radius 2 is 2.11 bits per heavy atom. The number of carbonyl (C=O) groups is 1. The van der Waals surface area contributed by atoms with E-state index in [1.54, 1.807) is 9.36 Å². The first kappa shape index (κ1) is 16.8. The second kappa shape index (κ2) is 6.60. The van der Waals surface area contributed by atoms with Crippen LogP contribution in [-0.4, -0.2) is 30.5 Å². The summed E-state index contributed by atoms with van der Waals surface area (Å²) in [6.45, 7) is 4.04. The molecular formula is C18H20N8O. The van der Waals surface area contributed by atoms with Crippen LogP contribution in [0.4, 0.5) is 23.0 Å². The first-order valence-electron chi connectivity index (χ1n) is 8.52. The average Bonchev–Trinajstić information content (AvgIpc) is 3.22. The third-order valence-corrected chi connectivity index (χ3v) is 4.22. The Morgan fingerprint density at radius 3 is 2.81 bits per heavy atom. The van der Waals surface area contributed by atoms with Crippen molar-refractivity contribution in [3.8, 4) is 0 Å². The number of carbonyl (C=O) groups excluding carboxylic acids is 1. The second-order valence-electron chi connectivity index (χ2n) is 6.43. The lowest BCUT2D eigenvalue weighted by atomic mass is 10.2. The van der Waals surface area contributed by atoms with Crippen LogP contribution in [0.1, 0.15) is 18.3 Å². The molecule has 1 aliphatic rings. The van der Waals surface area contributed by atoms with Crippen LogP contribution in [0.2, 0.25) is 0 Å². The van der Waals surface area contributed by atoms with Gasteiger partial charge >= 0.3 is 0 Å². The molecule has 0 saturated heterocycles. The Labute approximate surface area is 156 Å². The lowest BCUT2D eigenvalue weighted by molar-refractivity contribution is -0.114. The Morgan fingerprint density at radius 1 is 1.26 bits per heavy atom. The van der Waals surface area contributed by atoms with E-state index in [4.69, 9.17) is 0 Å². The van der Waals surface area contributed by atoms with Crippen molar-refractivity contribution in [2.75, 3.05) is 15.5 Å². The SMILES string of the molecule is CC(=O)Nc1ccc(Nc2nc3n(n2)C=CN(c2cnn(C)c2)C3)cc1C. The number of hydrogen-bond acceptors (Lipinski definition) is 6. The monoisotopic (exact) mass is 364 g/mol. The number of aromatic nitrogens is 5. The van der Waals surface area contributed by atoms with Crippen LogP contribution in [0.25, 0.3) is 6.20 Å². The van der Waals surface area contributed by atoms with Crippen LogP contribution in [-0.2, 0) is 18.4 Å². The first-order chi connectivity index (χ1) is 13.0. The van der Waals surface area contributed by atoms with Crippen molar-refractivity contribution in [1.82, 2.24) is 24.5 Å². The Balaban J connectivity index is 1.50. The van der Waals surface area contributed by atoms with Crippen molar-refractivity contribution in [3.63, 3.8) is 0 Å². The van der Waals surface area contributed by atoms with Crippen LogP contribution in [0.15, 0.2) is 36.8 Å². The molecule has 9 nitrogen and oxygen atoms in total. The van der Waals surface area contributed by atoms with Gasteiger partial charge in [0.15, 0.2) is 5.82 Å². The maximum atomic E-state index is 11.2. The molecule has 1 aliphatic heterocycles. The van der Waals surface area contributed by atoms with Crippen molar-refractivity contribution >= 4 is 35.1 Å². The Bertz CT molecular complexity index is 1030. The number of benzene rings is 1. The van der Waals surface area contributed by atoms with Gasteiger partial charge in [-0.15, -0.1) is 5.10 Å². The van der Waals surface area contributed by atoms with Gasteiger partial charge in [-0.3, -0.25) is 9.48 Å². The summed E-state index contributed by atoms with van der Waals surface area (Å²) in [4.78, 5) is 17.9. The van der Waals surface area contributed by atoms with Gasteiger partial charge in [0.05, 0.1) is 18.4 Å². The van der Waals surface area contributed by atoms with Crippen LogP contribution < -0.4 is 15.5 Å². The molecule has 0 unspecified atom stereocenters. The van der Waals surface area contributed by atoms with Gasteiger partial charge < -0.3 is 15.5 Å². The summed E-state index contributed by atoms with van der Waals surface area (Å²) in [5.41, 5.74) is 3.61. The van der Waals surface area contributed by atoms with Gasteiger partial charge in [0, 0.05) is 43.9 Å². The van der Waals surface area contributed by atoms with E-state index in [1.807, 2.05) is 57.0 Å². The number of hydrogen-bond donors (Lipinski definition) is 2. The molecular weight excluding hydrogens is 344 g/mol. The standard InChI is InChI=1S/C18H20N8O/c1-12-8-14(4-5-16(12)20-13(2)27)21-18-22-17-11-25(6-7-26(17)23-18)15-9-19-24(3)10-15/h4-10H,11H2,1-3H3,(H,20,27)(H,21,23). The highest BCUT2D eigenvalue weighted by molar-refractivity contribution is 5.89. The summed E-state index contributed by atoms with van der Waals surface area (Å²) >= 11 is 0. The van der Waals surface area contributed by atoms with Gasteiger partial charge in [-0.25, -0.2) is 4.68 Å². The first-order valence-corrected chi connectivity index (χ1v) is 8.52. The fourth-order valence-corrected chi connectivity index (χ4v) is 2.92. The fourth-order valence-electron chi connectivity index (χ4n) is 2.92. The zero-order valence-corrected chi connectivity index (χ0v) is 15.3. The fraction of sp³-hybridized carbons (Fsp3) is 0.222. The van der Waals surface area contributed by atoms with Crippen LogP contribution in [0, 0.1) is 6.92 Å². The number of fused-ring (bicyclic) bond motifs is 1. The smallest absolute Gasteiger partial charge is 0.247 e. The zero-order valence-electron chi connectivity index (χ0n) is 15.3. The average molecular weight is 364 g/mol. The molecule has 3 aromatic rings. The number of aryl methyl sites for hydroxylation is 2. The highest BCUT2D eigenvalue weighted by atomic mass is 16.1. The van der Waals surface area contributed by atoms with Crippen LogP contribution in [0.3, 0.4) is 0 Å². The summed E-state index contributed by atoms with van der Waals surface area (Å²) in [7, 11) is 1.89. The third kappa shape index (κ3) is 3.52. The normalized spacial score (nSPS) is 12.8. The molecule has 1 aromatic carbocycles. The number of nitrogens with zero attached hydrogens (tertiary/aromatic N) is 6. The Hall–Kier alpha value is -3.62. The van der Waals surface area contributed by atoms with Crippen LogP contribution >= 0.6 is 0 Å². The zero-order chi connectivity index (χ0) is 19.0. The molecule has 2 N–H and O–H groups in total. The molecule has 27 heavy (non-hydrogen) atoms. The lowest BCUT2D eigenvalue weighted by Crippen LogP contribution is -2.21. The van der Waals surface area contributed by atoms with Gasteiger partial charge in [0.25, 0.3) is 0 Å². The molecule has 0 atom stereocenters. The minimum Gasteiger partial charge on any atom is -0.336 e. The molecule has 9 heteroatoms. The van der Waals surface area contributed by atoms with Gasteiger partial charge in [0.1, 0.15) is 0 Å². The number of rotatable bonds is 4. The van der Waals surface area contributed by atoms with E-state index in [0.29, 0.717) is 12.5 Å². The molecule has 0 spiro atoms. The maximum Gasteiger partial charge on any atom is 0.247 e. The predicted molar refractivity (Wildman–Crippen MR) is 104 cm³/mol. The largest absolute Gasteiger partial charge is 0.336 e. The minimum absolute atomic E-state index is 0.0905. The van der Waals surface area contributed by atoms with Crippen LogP contribution in [0.5, 0.6) is 0 Å². The van der Waals surface area contributed by atoms with Gasteiger partial charge in [-0.1, -0.05) is 0 Å². The third-order valence-electron chi connectivity index (χ3n) is 4.22. The summed E-state index contributed by atoms with van der Waals surface area (Å²) in [6.07, 6.45) is 7.59. The van der Waals surface area contributed by atoms with E-state index in [-0.39, 0.29) is 5.91 Å². The Kier molecular flexibility index (Phi) is 4.11. The molecule has 3 heterocycles. The van der Waals surface area contributed by atoms with Crippen molar-refractivity contribution in [1.29, 1.82) is 0 Å². The molecule has 4 rings (SSSR count). The summed E-state index contributed by atoms with van der Waals surface area (Å²) < 4.78 is 3.52. The van der Waals surface area contributed by atoms with Crippen molar-refractivity contribution in [3.05, 3.63) is 48.2 Å². The topological polar surface area (TPSA) is 92.9 Å². The summed E-state index contributed by atoms with van der Waals surface area (Å²) in [5, 5.41) is 14.7. The van der Waals surface area contributed by atoms with E-state index < -0.39 is 0 Å². The highest BCUT2D eigenvalue weighted by Crippen LogP contribution is 2.24. The predicted octanol–water partition coefficient (Wildman–Crippen LogP) is 2.47.